The number of nitrogens with zero attached hydrogens (tertiary/aromatic N) is 1. The molecule has 0 amide bonds. The molecule has 0 saturated carbocycles. The first-order valence-electron chi connectivity index (χ1n) is 7.85. The molecule has 0 aliphatic heterocycles. The maximum Gasteiger partial charge on any atom is 0.124 e. The van der Waals surface area contributed by atoms with Crippen molar-refractivity contribution in [3.05, 3.63) is 102 Å². The Balaban J connectivity index is 0.00000225. The number of rotatable bonds is 5. The zero-order valence-corrected chi connectivity index (χ0v) is 14.4. The molecule has 2 atom stereocenters. The second kappa shape index (κ2) is 9.19. The molecule has 131 valence electrons. The Morgan fingerprint density at radius 1 is 0.720 bits per heavy atom. The quantitative estimate of drug-likeness (QED) is 0.512. The van der Waals surface area contributed by atoms with Gasteiger partial charge in [-0.25, -0.2) is 0 Å². The van der Waals surface area contributed by atoms with Crippen molar-refractivity contribution in [1.82, 2.24) is 0 Å². The van der Waals surface area contributed by atoms with Crippen LogP contribution in [0.3, 0.4) is 0 Å². The number of hydrogen-bond donors (Lipinski definition) is 2. The minimum absolute atomic E-state index is 0. The zero-order chi connectivity index (χ0) is 16.8. The number of phenolic OH excluding ortho intramolecular Hbond substituents is 1. The van der Waals surface area contributed by atoms with Crippen LogP contribution in [0.2, 0.25) is 0 Å². The van der Waals surface area contributed by atoms with Crippen LogP contribution in [-0.4, -0.2) is 16.4 Å². The van der Waals surface area contributed by atoms with Crippen molar-refractivity contribution in [2.45, 2.75) is 12.1 Å². The van der Waals surface area contributed by atoms with Crippen molar-refractivity contribution in [3.8, 4) is 5.75 Å². The van der Waals surface area contributed by atoms with Crippen LogP contribution in [0.25, 0.3) is 0 Å². The molecule has 0 spiro atoms. The van der Waals surface area contributed by atoms with E-state index in [0.29, 0.717) is 5.56 Å². The molecule has 0 fully saturated rings. The van der Waals surface area contributed by atoms with Crippen molar-refractivity contribution in [3.63, 3.8) is 0 Å². The number of para-hydroxylation sites is 1. The minimum atomic E-state index is -0.768. The predicted octanol–water partition coefficient (Wildman–Crippen LogP) is 4.28. The van der Waals surface area contributed by atoms with Gasteiger partial charge in [-0.15, -0.1) is 0 Å². The van der Waals surface area contributed by atoms with Crippen LogP contribution < -0.4 is 0 Å². The van der Waals surface area contributed by atoms with E-state index in [1.54, 1.807) is 24.4 Å². The maximum atomic E-state index is 10.8. The van der Waals surface area contributed by atoms with Crippen LogP contribution in [-0.2, 0) is 17.1 Å². The average molecular weight is 381 g/mol. The summed E-state index contributed by atoms with van der Waals surface area (Å²) >= 11 is 0. The smallest absolute Gasteiger partial charge is 0.124 e. The average Bonchev–Trinajstić information content (AvgIpc) is 2.65. The van der Waals surface area contributed by atoms with Crippen molar-refractivity contribution in [1.29, 1.82) is 0 Å². The van der Waals surface area contributed by atoms with Gasteiger partial charge in [0.05, 0.1) is 0 Å². The number of hydrogen-bond acceptors (Lipinski definition) is 3. The summed E-state index contributed by atoms with van der Waals surface area (Å²) in [6, 6.07) is 25.7. The van der Waals surface area contributed by atoms with Crippen LogP contribution in [0.5, 0.6) is 5.75 Å². The molecule has 3 rings (SSSR count). The van der Waals surface area contributed by atoms with E-state index < -0.39 is 12.1 Å². The van der Waals surface area contributed by atoms with Gasteiger partial charge < -0.3 is 10.2 Å². The molecule has 0 aliphatic carbocycles. The molecule has 1 radical (unpaired) electrons. The number of benzene rings is 3. The van der Waals surface area contributed by atoms with E-state index in [0.717, 1.165) is 11.1 Å². The summed E-state index contributed by atoms with van der Waals surface area (Å²) in [7, 11) is 0. The number of phenols is 1. The minimum Gasteiger partial charge on any atom is -0.507 e. The molecule has 0 aliphatic rings. The van der Waals surface area contributed by atoms with Gasteiger partial charge in [0.2, 0.25) is 0 Å². The number of aliphatic imine (C=N–C) groups is 1. The standard InChI is InChI=1S/C21H19NO2.Cu/c23-19-14-8-7-13-18(19)15-22-20(16-9-3-1-4-10-16)21(24)17-11-5-2-6-12-17;/h1-15,20-21,23-24H;/t20-,21+;/m0./s1. The number of aliphatic hydroxyl groups is 1. The van der Waals surface area contributed by atoms with Gasteiger partial charge in [0.25, 0.3) is 0 Å². The van der Waals surface area contributed by atoms with E-state index in [4.69, 9.17) is 0 Å². The monoisotopic (exact) mass is 380 g/mol. The number of aromatic hydroxyl groups is 1. The second-order valence-corrected chi connectivity index (χ2v) is 5.55. The molecular formula is C21H19CuNO2. The largest absolute Gasteiger partial charge is 0.507 e. The predicted molar refractivity (Wildman–Crippen MR) is 96.3 cm³/mol. The van der Waals surface area contributed by atoms with Gasteiger partial charge in [-0.2, -0.15) is 0 Å². The van der Waals surface area contributed by atoms with Crippen molar-refractivity contribution < 1.29 is 27.3 Å². The van der Waals surface area contributed by atoms with Crippen LogP contribution in [0.15, 0.2) is 89.9 Å². The fraction of sp³-hybridized carbons (Fsp3) is 0.0952. The van der Waals surface area contributed by atoms with Crippen LogP contribution in [0.1, 0.15) is 28.8 Å². The summed E-state index contributed by atoms with van der Waals surface area (Å²) in [4.78, 5) is 4.57. The van der Waals surface area contributed by atoms with E-state index in [9.17, 15) is 10.2 Å². The Labute approximate surface area is 158 Å². The van der Waals surface area contributed by atoms with Crippen LogP contribution in [0, 0.1) is 0 Å². The van der Waals surface area contributed by atoms with Gasteiger partial charge in [0.1, 0.15) is 17.9 Å². The first kappa shape index (κ1) is 18.9. The van der Waals surface area contributed by atoms with Crippen molar-refractivity contribution >= 4 is 6.21 Å². The Hall–Kier alpha value is -2.39. The fourth-order valence-electron chi connectivity index (χ4n) is 2.59. The second-order valence-electron chi connectivity index (χ2n) is 5.55. The molecular weight excluding hydrogens is 362 g/mol. The zero-order valence-electron chi connectivity index (χ0n) is 13.5. The van der Waals surface area contributed by atoms with Crippen molar-refractivity contribution in [2.24, 2.45) is 4.99 Å². The third-order valence-electron chi connectivity index (χ3n) is 3.89. The molecule has 3 nitrogen and oxygen atoms in total. The van der Waals surface area contributed by atoms with Crippen LogP contribution >= 0.6 is 0 Å². The summed E-state index contributed by atoms with van der Waals surface area (Å²) < 4.78 is 0. The van der Waals surface area contributed by atoms with E-state index >= 15 is 0 Å². The molecule has 0 unspecified atom stereocenters. The normalized spacial score (nSPS) is 13.2. The van der Waals surface area contributed by atoms with Crippen LogP contribution in [0.4, 0.5) is 0 Å². The molecule has 0 heterocycles. The van der Waals surface area contributed by atoms with E-state index in [-0.39, 0.29) is 22.8 Å². The SMILES string of the molecule is Oc1ccccc1C=N[C@@H](c1ccccc1)[C@H](O)c1ccccc1.[Cu]. The van der Waals surface area contributed by atoms with Crippen molar-refractivity contribution in [2.75, 3.05) is 0 Å². The van der Waals surface area contributed by atoms with Gasteiger partial charge in [-0.05, 0) is 23.3 Å². The van der Waals surface area contributed by atoms with E-state index in [1.807, 2.05) is 66.7 Å². The topological polar surface area (TPSA) is 52.8 Å². The third-order valence-corrected chi connectivity index (χ3v) is 3.89. The van der Waals surface area contributed by atoms with Gasteiger partial charge in [0.15, 0.2) is 0 Å². The summed E-state index contributed by atoms with van der Waals surface area (Å²) in [5.74, 6) is 0.169. The molecule has 3 aromatic carbocycles. The molecule has 3 aromatic rings. The summed E-state index contributed by atoms with van der Waals surface area (Å²) in [5.41, 5.74) is 2.35. The van der Waals surface area contributed by atoms with Gasteiger partial charge in [0, 0.05) is 28.8 Å². The molecule has 0 saturated heterocycles. The molecule has 4 heteroatoms. The van der Waals surface area contributed by atoms with Gasteiger partial charge in [-0.1, -0.05) is 72.8 Å². The fourth-order valence-corrected chi connectivity index (χ4v) is 2.59. The Bertz CT molecular complexity index is 806. The van der Waals surface area contributed by atoms with Gasteiger partial charge >= 0.3 is 0 Å². The first-order chi connectivity index (χ1) is 11.8. The summed E-state index contributed by atoms with van der Waals surface area (Å²) in [6.07, 6.45) is 0.842. The van der Waals surface area contributed by atoms with E-state index in [1.165, 1.54) is 0 Å². The Kier molecular flexibility index (Phi) is 6.96. The molecule has 0 aromatic heterocycles. The summed E-state index contributed by atoms with van der Waals surface area (Å²) in [6.45, 7) is 0. The van der Waals surface area contributed by atoms with E-state index in [2.05, 4.69) is 4.99 Å². The molecule has 2 N–H and O–H groups in total. The summed E-state index contributed by atoms with van der Waals surface area (Å²) in [5, 5.41) is 20.7. The maximum absolute atomic E-state index is 10.8. The number of aliphatic hydroxyl groups excluding tert-OH is 1. The Morgan fingerprint density at radius 3 is 1.84 bits per heavy atom. The molecule has 25 heavy (non-hydrogen) atoms. The van der Waals surface area contributed by atoms with Gasteiger partial charge in [-0.3, -0.25) is 4.99 Å². The first-order valence-corrected chi connectivity index (χ1v) is 7.85. The third kappa shape index (κ3) is 4.80. The Morgan fingerprint density at radius 2 is 1.24 bits per heavy atom. The molecule has 0 bridgehead atoms.